The maximum Gasteiger partial charge on any atom is 0.293 e. The predicted octanol–water partition coefficient (Wildman–Crippen LogP) is 2.70. The zero-order valence-electron chi connectivity index (χ0n) is 10.6. The molecule has 1 aromatic heterocycles. The third-order valence-corrected chi connectivity index (χ3v) is 3.92. The maximum atomic E-state index is 6.30. The van der Waals surface area contributed by atoms with Gasteiger partial charge in [-0.15, -0.1) is 0 Å². The van der Waals surface area contributed by atoms with Gasteiger partial charge in [0.1, 0.15) is 12.4 Å². The first-order valence-corrected chi connectivity index (χ1v) is 7.12. The number of ether oxygens (including phenoxy) is 1. The van der Waals surface area contributed by atoms with Crippen LogP contribution in [0.15, 0.2) is 0 Å². The van der Waals surface area contributed by atoms with Crippen molar-refractivity contribution in [1.29, 1.82) is 0 Å². The monoisotopic (exact) mass is 255 g/mol. The first-order chi connectivity index (χ1) is 8.09. The number of nitrogens with two attached hydrogens (primary N) is 1. The number of rotatable bonds is 4. The van der Waals surface area contributed by atoms with Gasteiger partial charge in [-0.2, -0.15) is 9.36 Å². The Hall–Kier alpha value is -0.680. The van der Waals surface area contributed by atoms with E-state index in [0.29, 0.717) is 17.7 Å². The van der Waals surface area contributed by atoms with Crippen LogP contribution in [0.3, 0.4) is 0 Å². The quantitative estimate of drug-likeness (QED) is 0.898. The second kappa shape index (κ2) is 5.31. The van der Waals surface area contributed by atoms with Gasteiger partial charge in [0.2, 0.25) is 0 Å². The topological polar surface area (TPSA) is 61.0 Å². The fourth-order valence-electron chi connectivity index (χ4n) is 2.12. The lowest BCUT2D eigenvalue weighted by Gasteiger charge is -2.32. The van der Waals surface area contributed by atoms with Crippen LogP contribution >= 0.6 is 11.5 Å². The van der Waals surface area contributed by atoms with Crippen molar-refractivity contribution < 1.29 is 4.74 Å². The molecule has 1 aliphatic rings. The van der Waals surface area contributed by atoms with Crippen molar-refractivity contribution in [3.63, 3.8) is 0 Å². The van der Waals surface area contributed by atoms with E-state index in [1.165, 1.54) is 30.8 Å². The third-order valence-electron chi connectivity index (χ3n) is 3.27. The first-order valence-electron chi connectivity index (χ1n) is 6.34. The van der Waals surface area contributed by atoms with Crippen molar-refractivity contribution >= 4 is 11.5 Å². The maximum absolute atomic E-state index is 6.30. The molecule has 0 bridgehead atoms. The van der Waals surface area contributed by atoms with E-state index >= 15 is 0 Å². The van der Waals surface area contributed by atoms with E-state index in [1.807, 2.05) is 0 Å². The summed E-state index contributed by atoms with van der Waals surface area (Å²) in [6, 6.07) is 0. The summed E-state index contributed by atoms with van der Waals surface area (Å²) in [7, 11) is 0. The smallest absolute Gasteiger partial charge is 0.293 e. The Balaban J connectivity index is 1.88. The SMILES string of the molecule is CC(C)c1nsc(OCC2(N)CCCCC2)n1. The minimum absolute atomic E-state index is 0.151. The molecule has 1 heterocycles. The molecule has 0 aromatic carbocycles. The molecule has 5 heteroatoms. The molecule has 96 valence electrons. The van der Waals surface area contributed by atoms with Crippen molar-refractivity contribution in [3.05, 3.63) is 5.82 Å². The normalized spacial score (nSPS) is 19.5. The van der Waals surface area contributed by atoms with Crippen molar-refractivity contribution in [3.8, 4) is 5.19 Å². The highest BCUT2D eigenvalue weighted by Gasteiger charge is 2.28. The summed E-state index contributed by atoms with van der Waals surface area (Å²) in [5, 5.41) is 0.657. The molecule has 1 saturated carbocycles. The number of aromatic nitrogens is 2. The average Bonchev–Trinajstić information content (AvgIpc) is 2.76. The van der Waals surface area contributed by atoms with Crippen LogP contribution in [0.2, 0.25) is 0 Å². The Morgan fingerprint density at radius 3 is 2.65 bits per heavy atom. The molecule has 0 aliphatic heterocycles. The molecular weight excluding hydrogens is 234 g/mol. The van der Waals surface area contributed by atoms with Gasteiger partial charge in [0.25, 0.3) is 5.19 Å². The first kappa shape index (κ1) is 12.8. The van der Waals surface area contributed by atoms with Crippen molar-refractivity contribution in [2.45, 2.75) is 57.4 Å². The van der Waals surface area contributed by atoms with E-state index in [0.717, 1.165) is 18.7 Å². The number of hydrogen-bond acceptors (Lipinski definition) is 5. The molecule has 1 fully saturated rings. The summed E-state index contributed by atoms with van der Waals surface area (Å²) in [5.41, 5.74) is 6.15. The van der Waals surface area contributed by atoms with Gasteiger partial charge in [0.05, 0.1) is 5.54 Å². The molecule has 0 saturated heterocycles. The molecule has 2 rings (SSSR count). The van der Waals surface area contributed by atoms with Gasteiger partial charge >= 0.3 is 0 Å². The van der Waals surface area contributed by atoms with E-state index in [1.54, 1.807) is 0 Å². The standard InChI is InChI=1S/C12H21N3OS/c1-9(2)10-14-11(17-15-10)16-8-12(13)6-4-3-5-7-12/h9H,3-8,13H2,1-2H3. The summed E-state index contributed by atoms with van der Waals surface area (Å²) in [4.78, 5) is 4.35. The van der Waals surface area contributed by atoms with Gasteiger partial charge < -0.3 is 10.5 Å². The molecule has 17 heavy (non-hydrogen) atoms. The van der Waals surface area contributed by atoms with Crippen molar-refractivity contribution in [1.82, 2.24) is 9.36 Å². The predicted molar refractivity (Wildman–Crippen MR) is 69.5 cm³/mol. The molecule has 2 N–H and O–H groups in total. The highest BCUT2D eigenvalue weighted by Crippen LogP contribution is 2.27. The second-order valence-electron chi connectivity index (χ2n) is 5.28. The van der Waals surface area contributed by atoms with E-state index in [9.17, 15) is 0 Å². The summed E-state index contributed by atoms with van der Waals surface area (Å²) in [5.74, 6) is 1.21. The molecule has 1 aromatic rings. The van der Waals surface area contributed by atoms with Gasteiger partial charge in [0.15, 0.2) is 0 Å². The average molecular weight is 255 g/mol. The van der Waals surface area contributed by atoms with Crippen LogP contribution in [0.25, 0.3) is 0 Å². The molecular formula is C12H21N3OS. The van der Waals surface area contributed by atoms with Gasteiger partial charge in [-0.1, -0.05) is 33.1 Å². The molecule has 4 nitrogen and oxygen atoms in total. The van der Waals surface area contributed by atoms with E-state index < -0.39 is 0 Å². The van der Waals surface area contributed by atoms with Crippen molar-refractivity contribution in [2.24, 2.45) is 5.73 Å². The van der Waals surface area contributed by atoms with Gasteiger partial charge in [-0.3, -0.25) is 0 Å². The van der Waals surface area contributed by atoms with Crippen LogP contribution in [0.5, 0.6) is 5.19 Å². The Kier molecular flexibility index (Phi) is 3.99. The van der Waals surface area contributed by atoms with Gasteiger partial charge in [0, 0.05) is 17.5 Å². The lowest BCUT2D eigenvalue weighted by Crippen LogP contribution is -2.47. The van der Waals surface area contributed by atoms with Crippen molar-refractivity contribution in [2.75, 3.05) is 6.61 Å². The number of nitrogens with zero attached hydrogens (tertiary/aromatic N) is 2. The second-order valence-corrected chi connectivity index (χ2v) is 6.00. The van der Waals surface area contributed by atoms with Crippen LogP contribution in [0, 0.1) is 0 Å². The van der Waals surface area contributed by atoms with Crippen LogP contribution in [0.4, 0.5) is 0 Å². The highest BCUT2D eigenvalue weighted by atomic mass is 32.1. The lowest BCUT2D eigenvalue weighted by molar-refractivity contribution is 0.173. The minimum Gasteiger partial charge on any atom is -0.467 e. The molecule has 0 unspecified atom stereocenters. The summed E-state index contributed by atoms with van der Waals surface area (Å²) in [6.45, 7) is 4.73. The fraction of sp³-hybridized carbons (Fsp3) is 0.833. The molecule has 0 atom stereocenters. The zero-order chi connectivity index (χ0) is 12.3. The minimum atomic E-state index is -0.151. The van der Waals surface area contributed by atoms with Crippen LogP contribution in [0.1, 0.15) is 57.7 Å². The fourth-order valence-corrected chi connectivity index (χ4v) is 2.79. The lowest BCUT2D eigenvalue weighted by atomic mass is 9.83. The van der Waals surface area contributed by atoms with Crippen LogP contribution in [-0.4, -0.2) is 21.5 Å². The van der Waals surface area contributed by atoms with Crippen LogP contribution < -0.4 is 10.5 Å². The zero-order valence-corrected chi connectivity index (χ0v) is 11.4. The summed E-state index contributed by atoms with van der Waals surface area (Å²) < 4.78 is 9.97. The molecule has 0 amide bonds. The van der Waals surface area contributed by atoms with E-state index in [2.05, 4.69) is 23.2 Å². The van der Waals surface area contributed by atoms with E-state index in [-0.39, 0.29) is 5.54 Å². The van der Waals surface area contributed by atoms with Gasteiger partial charge in [-0.05, 0) is 12.8 Å². The summed E-state index contributed by atoms with van der Waals surface area (Å²) >= 11 is 1.33. The highest BCUT2D eigenvalue weighted by molar-refractivity contribution is 7.07. The third kappa shape index (κ3) is 3.39. The Bertz CT molecular complexity index is 358. The van der Waals surface area contributed by atoms with E-state index in [4.69, 9.17) is 10.5 Å². The largest absolute Gasteiger partial charge is 0.467 e. The molecule has 0 radical (unpaired) electrons. The number of hydrogen-bond donors (Lipinski definition) is 1. The Labute approximate surface area is 107 Å². The van der Waals surface area contributed by atoms with Crippen LogP contribution in [-0.2, 0) is 0 Å². The Morgan fingerprint density at radius 1 is 1.35 bits per heavy atom. The molecule has 1 aliphatic carbocycles. The summed E-state index contributed by atoms with van der Waals surface area (Å²) in [6.07, 6.45) is 5.85. The van der Waals surface area contributed by atoms with Gasteiger partial charge in [-0.25, -0.2) is 0 Å². The Morgan fingerprint density at radius 2 is 2.06 bits per heavy atom. The molecule has 0 spiro atoms.